The first kappa shape index (κ1) is 15.8. The van der Waals surface area contributed by atoms with Crippen molar-refractivity contribution in [2.75, 3.05) is 5.01 Å². The van der Waals surface area contributed by atoms with Crippen LogP contribution in [0, 0.1) is 0 Å². The highest BCUT2D eigenvalue weighted by molar-refractivity contribution is 6.05. The van der Waals surface area contributed by atoms with Gasteiger partial charge < -0.3 is 4.74 Å². The number of para-hydroxylation sites is 2. The summed E-state index contributed by atoms with van der Waals surface area (Å²) in [4.78, 5) is 12.5. The monoisotopic (exact) mass is 318 g/mol. The van der Waals surface area contributed by atoms with Crippen LogP contribution in [0.25, 0.3) is 0 Å². The lowest BCUT2D eigenvalue weighted by atomic mass is 10.2. The minimum atomic E-state index is -0.286. The van der Waals surface area contributed by atoms with Crippen molar-refractivity contribution in [3.05, 3.63) is 96.1 Å². The number of anilines is 1. The lowest BCUT2D eigenvalue weighted by molar-refractivity contribution is 0.0986. The molecule has 3 aromatic carbocycles. The van der Waals surface area contributed by atoms with Crippen LogP contribution in [0.4, 0.5) is 5.69 Å². The van der Waals surface area contributed by atoms with Crippen LogP contribution in [0.1, 0.15) is 15.9 Å². The number of hydrazine groups is 1. The van der Waals surface area contributed by atoms with Gasteiger partial charge in [0.2, 0.25) is 0 Å². The first-order chi connectivity index (χ1) is 11.8. The van der Waals surface area contributed by atoms with Gasteiger partial charge in [0.05, 0.1) is 0 Å². The minimum absolute atomic E-state index is 0.286. The SMILES string of the molecule is NN(C(=O)c1ccccc1)c1ccccc1OCc1ccccc1. The van der Waals surface area contributed by atoms with Gasteiger partial charge in [-0.3, -0.25) is 4.79 Å². The molecule has 3 aromatic rings. The molecule has 3 rings (SSSR count). The third kappa shape index (κ3) is 3.62. The van der Waals surface area contributed by atoms with Crippen molar-refractivity contribution >= 4 is 11.6 Å². The molecule has 120 valence electrons. The summed E-state index contributed by atoms with van der Waals surface area (Å²) in [5.74, 6) is 6.32. The molecule has 0 aliphatic heterocycles. The number of rotatable bonds is 5. The molecule has 0 saturated heterocycles. The number of amides is 1. The second kappa shape index (κ2) is 7.44. The van der Waals surface area contributed by atoms with Crippen LogP contribution < -0.4 is 15.6 Å². The van der Waals surface area contributed by atoms with E-state index in [1.165, 1.54) is 0 Å². The Balaban J connectivity index is 1.79. The van der Waals surface area contributed by atoms with Gasteiger partial charge in [-0.15, -0.1) is 0 Å². The lowest BCUT2D eigenvalue weighted by Gasteiger charge is -2.20. The Morgan fingerprint density at radius 2 is 1.42 bits per heavy atom. The second-order valence-electron chi connectivity index (χ2n) is 5.28. The molecule has 0 saturated carbocycles. The molecule has 2 N–H and O–H groups in total. The topological polar surface area (TPSA) is 55.6 Å². The van der Waals surface area contributed by atoms with E-state index < -0.39 is 0 Å². The Hall–Kier alpha value is -3.11. The zero-order valence-electron chi connectivity index (χ0n) is 13.1. The van der Waals surface area contributed by atoms with E-state index in [9.17, 15) is 4.79 Å². The van der Waals surface area contributed by atoms with Gasteiger partial charge in [-0.05, 0) is 29.8 Å². The highest BCUT2D eigenvalue weighted by Crippen LogP contribution is 2.28. The van der Waals surface area contributed by atoms with Crippen molar-refractivity contribution in [2.45, 2.75) is 6.61 Å². The Kier molecular flexibility index (Phi) is 4.89. The first-order valence-electron chi connectivity index (χ1n) is 7.65. The molecular formula is C20H18N2O2. The number of hydrogen-bond donors (Lipinski definition) is 1. The summed E-state index contributed by atoms with van der Waals surface area (Å²) in [6, 6.07) is 26.0. The highest BCUT2D eigenvalue weighted by atomic mass is 16.5. The van der Waals surface area contributed by atoms with Crippen molar-refractivity contribution in [2.24, 2.45) is 5.84 Å². The molecule has 0 heterocycles. The Labute approximate surface area is 141 Å². The van der Waals surface area contributed by atoms with Gasteiger partial charge in [0.25, 0.3) is 5.91 Å². The average molecular weight is 318 g/mol. The van der Waals surface area contributed by atoms with Crippen LogP contribution in [-0.2, 0) is 6.61 Å². The predicted octanol–water partition coefficient (Wildman–Crippen LogP) is 3.79. The fraction of sp³-hybridized carbons (Fsp3) is 0.0500. The van der Waals surface area contributed by atoms with Gasteiger partial charge in [-0.1, -0.05) is 60.7 Å². The zero-order valence-corrected chi connectivity index (χ0v) is 13.1. The number of hydrogen-bond acceptors (Lipinski definition) is 3. The maximum Gasteiger partial charge on any atom is 0.272 e. The zero-order chi connectivity index (χ0) is 16.8. The molecule has 0 fully saturated rings. The quantitative estimate of drug-likeness (QED) is 0.442. The molecule has 0 spiro atoms. The fourth-order valence-corrected chi connectivity index (χ4v) is 2.34. The fourth-order valence-electron chi connectivity index (χ4n) is 2.34. The number of benzene rings is 3. The average Bonchev–Trinajstić information content (AvgIpc) is 2.67. The van der Waals surface area contributed by atoms with Crippen molar-refractivity contribution in [1.29, 1.82) is 0 Å². The molecule has 0 unspecified atom stereocenters. The highest BCUT2D eigenvalue weighted by Gasteiger charge is 2.17. The minimum Gasteiger partial charge on any atom is -0.487 e. The van der Waals surface area contributed by atoms with Crippen LogP contribution >= 0.6 is 0 Å². The standard InChI is InChI=1S/C20H18N2O2/c21-22(20(23)17-11-5-2-6-12-17)18-13-7-8-14-19(18)24-15-16-9-3-1-4-10-16/h1-14H,15,21H2. The molecule has 0 radical (unpaired) electrons. The molecule has 0 aromatic heterocycles. The molecule has 24 heavy (non-hydrogen) atoms. The van der Waals surface area contributed by atoms with E-state index in [1.807, 2.05) is 48.5 Å². The largest absolute Gasteiger partial charge is 0.487 e. The Bertz CT molecular complexity index is 804. The number of nitrogens with zero attached hydrogens (tertiary/aromatic N) is 1. The molecule has 4 nitrogen and oxygen atoms in total. The predicted molar refractivity (Wildman–Crippen MR) is 94.7 cm³/mol. The molecule has 4 heteroatoms. The van der Waals surface area contributed by atoms with E-state index in [2.05, 4.69) is 0 Å². The number of carbonyl (C=O) groups is 1. The Morgan fingerprint density at radius 3 is 2.12 bits per heavy atom. The van der Waals surface area contributed by atoms with E-state index in [0.29, 0.717) is 23.6 Å². The molecule has 0 aliphatic rings. The van der Waals surface area contributed by atoms with Gasteiger partial charge >= 0.3 is 0 Å². The molecule has 0 atom stereocenters. The van der Waals surface area contributed by atoms with Gasteiger partial charge in [0.15, 0.2) is 0 Å². The third-order valence-electron chi connectivity index (χ3n) is 3.60. The summed E-state index contributed by atoms with van der Waals surface area (Å²) in [6.45, 7) is 0.408. The summed E-state index contributed by atoms with van der Waals surface area (Å²) in [6.07, 6.45) is 0. The molecular weight excluding hydrogens is 300 g/mol. The summed E-state index contributed by atoms with van der Waals surface area (Å²) in [5.41, 5.74) is 2.10. The first-order valence-corrected chi connectivity index (χ1v) is 7.65. The van der Waals surface area contributed by atoms with Crippen LogP contribution in [0.3, 0.4) is 0 Å². The van der Waals surface area contributed by atoms with E-state index >= 15 is 0 Å². The van der Waals surface area contributed by atoms with E-state index in [4.69, 9.17) is 10.6 Å². The van der Waals surface area contributed by atoms with E-state index in [1.54, 1.807) is 36.4 Å². The molecule has 0 aliphatic carbocycles. The smallest absolute Gasteiger partial charge is 0.272 e. The molecule has 1 amide bonds. The van der Waals surface area contributed by atoms with Gasteiger partial charge in [0, 0.05) is 5.56 Å². The van der Waals surface area contributed by atoms with E-state index in [-0.39, 0.29) is 5.91 Å². The van der Waals surface area contributed by atoms with Crippen LogP contribution in [0.15, 0.2) is 84.9 Å². The Morgan fingerprint density at radius 1 is 0.833 bits per heavy atom. The van der Waals surface area contributed by atoms with Gasteiger partial charge in [-0.2, -0.15) is 0 Å². The summed E-state index contributed by atoms with van der Waals surface area (Å²) < 4.78 is 5.86. The van der Waals surface area contributed by atoms with Gasteiger partial charge in [-0.25, -0.2) is 10.9 Å². The van der Waals surface area contributed by atoms with E-state index in [0.717, 1.165) is 10.6 Å². The second-order valence-corrected chi connectivity index (χ2v) is 5.28. The van der Waals surface area contributed by atoms with Gasteiger partial charge in [0.1, 0.15) is 18.0 Å². The molecule has 0 bridgehead atoms. The van der Waals surface area contributed by atoms with Crippen molar-refractivity contribution in [3.8, 4) is 5.75 Å². The van der Waals surface area contributed by atoms with Crippen molar-refractivity contribution < 1.29 is 9.53 Å². The van der Waals surface area contributed by atoms with Crippen LogP contribution in [0.5, 0.6) is 5.75 Å². The normalized spacial score (nSPS) is 10.2. The maximum absolute atomic E-state index is 12.5. The summed E-state index contributed by atoms with van der Waals surface area (Å²) in [5, 5.41) is 1.12. The number of carbonyl (C=O) groups excluding carboxylic acids is 1. The van der Waals surface area contributed by atoms with Crippen molar-refractivity contribution in [1.82, 2.24) is 0 Å². The summed E-state index contributed by atoms with van der Waals surface area (Å²) in [7, 11) is 0. The van der Waals surface area contributed by atoms with Crippen LogP contribution in [0.2, 0.25) is 0 Å². The van der Waals surface area contributed by atoms with Crippen molar-refractivity contribution in [3.63, 3.8) is 0 Å². The van der Waals surface area contributed by atoms with Crippen LogP contribution in [-0.4, -0.2) is 5.91 Å². The summed E-state index contributed by atoms with van der Waals surface area (Å²) >= 11 is 0. The lowest BCUT2D eigenvalue weighted by Crippen LogP contribution is -2.37. The number of nitrogens with two attached hydrogens (primary N) is 1. The maximum atomic E-state index is 12.5. The number of ether oxygens (including phenoxy) is 1. The third-order valence-corrected chi connectivity index (χ3v) is 3.60.